The van der Waals surface area contributed by atoms with Crippen molar-refractivity contribution in [1.82, 2.24) is 10.2 Å². The number of unbranched alkanes of at least 4 members (excludes halogenated alkanes) is 1. The molecule has 0 bridgehead atoms. The summed E-state index contributed by atoms with van der Waals surface area (Å²) in [5, 5.41) is 3.61. The monoisotopic (exact) mass is 292 g/mol. The number of nitrogens with zero attached hydrogens (tertiary/aromatic N) is 1. The van der Waals surface area contributed by atoms with Gasteiger partial charge in [0.1, 0.15) is 5.75 Å². The van der Waals surface area contributed by atoms with E-state index in [1.165, 1.54) is 30.5 Å². The van der Waals surface area contributed by atoms with E-state index in [1.54, 1.807) is 7.11 Å². The third-order valence-electron chi connectivity index (χ3n) is 4.12. The minimum atomic E-state index is 0.322. The quantitative estimate of drug-likeness (QED) is 0.701. The standard InChI is InChI=1S/C18H32N2O/c1-14(2)20(5)12-8-7-11-19-16(4)17-13-15(3)9-10-18(17)21-6/h9-10,13-14,16,19H,7-8,11-12H2,1-6H3. The van der Waals surface area contributed by atoms with Gasteiger partial charge in [0.15, 0.2) is 0 Å². The summed E-state index contributed by atoms with van der Waals surface area (Å²) in [6.45, 7) is 11.0. The number of ether oxygens (including phenoxy) is 1. The Hall–Kier alpha value is -1.06. The highest BCUT2D eigenvalue weighted by atomic mass is 16.5. The van der Waals surface area contributed by atoms with Crippen LogP contribution in [0, 0.1) is 6.92 Å². The van der Waals surface area contributed by atoms with Crippen LogP contribution in [-0.2, 0) is 0 Å². The van der Waals surface area contributed by atoms with Gasteiger partial charge in [-0.05, 0) is 66.7 Å². The fraction of sp³-hybridized carbons (Fsp3) is 0.667. The molecule has 0 aromatic heterocycles. The van der Waals surface area contributed by atoms with E-state index in [2.05, 4.69) is 63.2 Å². The van der Waals surface area contributed by atoms with E-state index >= 15 is 0 Å². The molecule has 0 aliphatic heterocycles. The van der Waals surface area contributed by atoms with Gasteiger partial charge >= 0.3 is 0 Å². The van der Waals surface area contributed by atoms with Crippen molar-refractivity contribution in [2.24, 2.45) is 0 Å². The highest BCUT2D eigenvalue weighted by Gasteiger charge is 2.11. The van der Waals surface area contributed by atoms with E-state index in [0.29, 0.717) is 12.1 Å². The molecule has 1 atom stereocenters. The second-order valence-electron chi connectivity index (χ2n) is 6.20. The van der Waals surface area contributed by atoms with Gasteiger partial charge in [-0.25, -0.2) is 0 Å². The molecule has 0 aliphatic rings. The van der Waals surface area contributed by atoms with Crippen molar-refractivity contribution in [3.63, 3.8) is 0 Å². The van der Waals surface area contributed by atoms with Gasteiger partial charge in [0, 0.05) is 17.6 Å². The van der Waals surface area contributed by atoms with Gasteiger partial charge in [0.25, 0.3) is 0 Å². The molecule has 1 aromatic carbocycles. The lowest BCUT2D eigenvalue weighted by atomic mass is 10.0. The van der Waals surface area contributed by atoms with Crippen LogP contribution in [0.1, 0.15) is 50.8 Å². The molecule has 1 unspecified atom stereocenters. The predicted octanol–water partition coefficient (Wildman–Crippen LogP) is 3.77. The number of benzene rings is 1. The third kappa shape index (κ3) is 6.06. The molecule has 0 radical (unpaired) electrons. The average Bonchev–Trinajstić information content (AvgIpc) is 2.46. The Balaban J connectivity index is 2.37. The van der Waals surface area contributed by atoms with Crippen LogP contribution in [0.25, 0.3) is 0 Å². The number of aryl methyl sites for hydroxylation is 1. The van der Waals surface area contributed by atoms with Gasteiger partial charge in [-0.3, -0.25) is 0 Å². The predicted molar refractivity (Wildman–Crippen MR) is 91.1 cm³/mol. The maximum absolute atomic E-state index is 5.46. The fourth-order valence-corrected chi connectivity index (χ4v) is 2.37. The first-order chi connectivity index (χ1) is 9.95. The van der Waals surface area contributed by atoms with Crippen LogP contribution in [0.5, 0.6) is 5.75 Å². The molecular weight excluding hydrogens is 260 g/mol. The van der Waals surface area contributed by atoms with Crippen molar-refractivity contribution in [2.75, 3.05) is 27.2 Å². The Morgan fingerprint density at radius 2 is 1.90 bits per heavy atom. The van der Waals surface area contributed by atoms with E-state index in [-0.39, 0.29) is 0 Å². The molecule has 1 aromatic rings. The van der Waals surface area contributed by atoms with Gasteiger partial charge in [0.05, 0.1) is 7.11 Å². The van der Waals surface area contributed by atoms with Crippen LogP contribution in [-0.4, -0.2) is 38.2 Å². The molecule has 21 heavy (non-hydrogen) atoms. The SMILES string of the molecule is COc1ccc(C)cc1C(C)NCCCCN(C)C(C)C. The van der Waals surface area contributed by atoms with Crippen molar-refractivity contribution in [3.8, 4) is 5.75 Å². The van der Waals surface area contributed by atoms with Crippen molar-refractivity contribution in [2.45, 2.75) is 52.6 Å². The highest BCUT2D eigenvalue weighted by molar-refractivity contribution is 5.38. The molecule has 1 rings (SSSR count). The van der Waals surface area contributed by atoms with Crippen LogP contribution in [0.15, 0.2) is 18.2 Å². The molecule has 0 saturated carbocycles. The van der Waals surface area contributed by atoms with Crippen molar-refractivity contribution < 1.29 is 4.74 Å². The number of rotatable bonds is 9. The zero-order valence-corrected chi connectivity index (χ0v) is 14.6. The first-order valence-electron chi connectivity index (χ1n) is 8.04. The first kappa shape index (κ1) is 18.0. The summed E-state index contributed by atoms with van der Waals surface area (Å²) >= 11 is 0. The molecule has 0 fully saturated rings. The molecule has 120 valence electrons. The smallest absolute Gasteiger partial charge is 0.123 e. The second kappa shape index (κ2) is 9.06. The summed E-state index contributed by atoms with van der Waals surface area (Å²) < 4.78 is 5.46. The molecule has 0 spiro atoms. The van der Waals surface area contributed by atoms with Gasteiger partial charge in [-0.15, -0.1) is 0 Å². The molecule has 3 heteroatoms. The van der Waals surface area contributed by atoms with Crippen LogP contribution in [0.2, 0.25) is 0 Å². The molecule has 3 nitrogen and oxygen atoms in total. The van der Waals surface area contributed by atoms with Crippen LogP contribution >= 0.6 is 0 Å². The summed E-state index contributed by atoms with van der Waals surface area (Å²) in [7, 11) is 3.93. The van der Waals surface area contributed by atoms with E-state index in [9.17, 15) is 0 Å². The lowest BCUT2D eigenvalue weighted by Gasteiger charge is -2.21. The zero-order chi connectivity index (χ0) is 15.8. The van der Waals surface area contributed by atoms with Crippen LogP contribution in [0.4, 0.5) is 0 Å². The molecule has 0 heterocycles. The van der Waals surface area contributed by atoms with Gasteiger partial charge in [0.2, 0.25) is 0 Å². The normalized spacial score (nSPS) is 13.0. The topological polar surface area (TPSA) is 24.5 Å². The summed E-state index contributed by atoms with van der Waals surface area (Å²) in [5.41, 5.74) is 2.52. The summed E-state index contributed by atoms with van der Waals surface area (Å²) in [6.07, 6.45) is 2.44. The Morgan fingerprint density at radius 3 is 2.52 bits per heavy atom. The van der Waals surface area contributed by atoms with Crippen LogP contribution < -0.4 is 10.1 Å². The van der Waals surface area contributed by atoms with Crippen molar-refractivity contribution >= 4 is 0 Å². The number of hydrogen-bond donors (Lipinski definition) is 1. The Kier molecular flexibility index (Phi) is 7.76. The van der Waals surface area contributed by atoms with E-state index in [0.717, 1.165) is 12.3 Å². The maximum Gasteiger partial charge on any atom is 0.123 e. The Bertz CT molecular complexity index is 418. The molecule has 0 amide bonds. The lowest BCUT2D eigenvalue weighted by Crippen LogP contribution is -2.28. The third-order valence-corrected chi connectivity index (χ3v) is 4.12. The zero-order valence-electron chi connectivity index (χ0n) is 14.6. The molecule has 0 saturated heterocycles. The highest BCUT2D eigenvalue weighted by Crippen LogP contribution is 2.25. The number of nitrogens with one attached hydrogen (secondary N) is 1. The fourth-order valence-electron chi connectivity index (χ4n) is 2.37. The minimum absolute atomic E-state index is 0.322. The minimum Gasteiger partial charge on any atom is -0.496 e. The van der Waals surface area contributed by atoms with E-state index in [4.69, 9.17) is 4.74 Å². The lowest BCUT2D eigenvalue weighted by molar-refractivity contribution is 0.267. The van der Waals surface area contributed by atoms with E-state index in [1.807, 2.05) is 0 Å². The largest absolute Gasteiger partial charge is 0.496 e. The van der Waals surface area contributed by atoms with Gasteiger partial charge in [-0.2, -0.15) is 0 Å². The first-order valence-corrected chi connectivity index (χ1v) is 8.04. The van der Waals surface area contributed by atoms with E-state index < -0.39 is 0 Å². The molecular formula is C18H32N2O. The average molecular weight is 292 g/mol. The number of hydrogen-bond acceptors (Lipinski definition) is 3. The molecule has 1 N–H and O–H groups in total. The van der Waals surface area contributed by atoms with Crippen molar-refractivity contribution in [3.05, 3.63) is 29.3 Å². The summed E-state index contributed by atoms with van der Waals surface area (Å²) in [4.78, 5) is 2.40. The Morgan fingerprint density at radius 1 is 1.19 bits per heavy atom. The van der Waals surface area contributed by atoms with Crippen LogP contribution in [0.3, 0.4) is 0 Å². The molecule has 0 aliphatic carbocycles. The maximum atomic E-state index is 5.46. The second-order valence-corrected chi connectivity index (χ2v) is 6.20. The number of methoxy groups -OCH3 is 1. The summed E-state index contributed by atoms with van der Waals surface area (Å²) in [6, 6.07) is 7.32. The van der Waals surface area contributed by atoms with Gasteiger partial charge in [-0.1, -0.05) is 17.7 Å². The Labute approximate surface area is 130 Å². The van der Waals surface area contributed by atoms with Gasteiger partial charge < -0.3 is 15.0 Å². The van der Waals surface area contributed by atoms with Crippen molar-refractivity contribution in [1.29, 1.82) is 0 Å². The summed E-state index contributed by atoms with van der Waals surface area (Å²) in [5.74, 6) is 0.972.